The summed E-state index contributed by atoms with van der Waals surface area (Å²) in [4.78, 5) is 13.9. The topological polar surface area (TPSA) is 73.6 Å². The van der Waals surface area contributed by atoms with E-state index < -0.39 is 5.60 Å². The van der Waals surface area contributed by atoms with E-state index in [2.05, 4.69) is 0 Å². The molecule has 1 amide bonds. The van der Waals surface area contributed by atoms with Crippen molar-refractivity contribution >= 4 is 5.91 Å². The first-order chi connectivity index (χ1) is 9.11. The van der Waals surface area contributed by atoms with Crippen LogP contribution in [0.1, 0.15) is 44.9 Å². The van der Waals surface area contributed by atoms with E-state index in [4.69, 9.17) is 10.00 Å². The van der Waals surface area contributed by atoms with Crippen LogP contribution in [0.4, 0.5) is 0 Å². The summed E-state index contributed by atoms with van der Waals surface area (Å²) in [5.41, 5.74) is -0.840. The van der Waals surface area contributed by atoms with Gasteiger partial charge in [-0.15, -0.1) is 0 Å². The molecule has 0 aromatic carbocycles. The Hall–Kier alpha value is -1.12. The molecule has 0 aromatic rings. The zero-order chi connectivity index (χ0) is 14.1. The van der Waals surface area contributed by atoms with Gasteiger partial charge in [0.05, 0.1) is 31.1 Å². The number of aliphatic hydroxyl groups is 1. The van der Waals surface area contributed by atoms with E-state index in [0.29, 0.717) is 39.0 Å². The number of amides is 1. The SMILES string of the molecule is COCCN(CCC#N)C(=O)CC1(O)CCCCC1. The van der Waals surface area contributed by atoms with Gasteiger partial charge in [-0.25, -0.2) is 0 Å². The Bertz CT molecular complexity index is 319. The van der Waals surface area contributed by atoms with Gasteiger partial charge in [0.15, 0.2) is 0 Å². The van der Waals surface area contributed by atoms with Gasteiger partial charge in [0, 0.05) is 20.2 Å². The van der Waals surface area contributed by atoms with Crippen molar-refractivity contribution < 1.29 is 14.6 Å². The summed E-state index contributed by atoms with van der Waals surface area (Å²) >= 11 is 0. The van der Waals surface area contributed by atoms with Gasteiger partial charge in [-0.3, -0.25) is 4.79 Å². The molecule has 0 atom stereocenters. The molecule has 19 heavy (non-hydrogen) atoms. The molecule has 1 aliphatic rings. The molecule has 5 heteroatoms. The second-order valence-electron chi connectivity index (χ2n) is 5.24. The van der Waals surface area contributed by atoms with Crippen molar-refractivity contribution in [3.8, 4) is 6.07 Å². The Morgan fingerprint density at radius 3 is 2.63 bits per heavy atom. The van der Waals surface area contributed by atoms with E-state index in [1.54, 1.807) is 12.0 Å². The van der Waals surface area contributed by atoms with Crippen molar-refractivity contribution in [3.05, 3.63) is 0 Å². The highest BCUT2D eigenvalue weighted by Gasteiger charge is 2.33. The fourth-order valence-electron chi connectivity index (χ4n) is 2.53. The summed E-state index contributed by atoms with van der Waals surface area (Å²) in [5, 5.41) is 19.0. The number of nitrogens with zero attached hydrogens (tertiary/aromatic N) is 2. The van der Waals surface area contributed by atoms with Crippen molar-refractivity contribution in [2.45, 2.75) is 50.5 Å². The van der Waals surface area contributed by atoms with Crippen LogP contribution in [0.5, 0.6) is 0 Å². The van der Waals surface area contributed by atoms with Gasteiger partial charge < -0.3 is 14.7 Å². The minimum Gasteiger partial charge on any atom is -0.389 e. The van der Waals surface area contributed by atoms with Crippen LogP contribution < -0.4 is 0 Å². The monoisotopic (exact) mass is 268 g/mol. The van der Waals surface area contributed by atoms with Gasteiger partial charge >= 0.3 is 0 Å². The lowest BCUT2D eigenvalue weighted by atomic mass is 9.82. The summed E-state index contributed by atoms with van der Waals surface area (Å²) in [6.45, 7) is 1.34. The Morgan fingerprint density at radius 2 is 2.05 bits per heavy atom. The van der Waals surface area contributed by atoms with Crippen LogP contribution in [-0.4, -0.2) is 48.3 Å². The van der Waals surface area contributed by atoms with Crippen molar-refractivity contribution in [2.75, 3.05) is 26.8 Å². The van der Waals surface area contributed by atoms with E-state index in [1.807, 2.05) is 6.07 Å². The number of hydrogen-bond donors (Lipinski definition) is 1. The molecule has 0 saturated heterocycles. The third kappa shape index (κ3) is 5.58. The lowest BCUT2D eigenvalue weighted by Crippen LogP contribution is -2.42. The Labute approximate surface area is 115 Å². The lowest BCUT2D eigenvalue weighted by molar-refractivity contribution is -0.138. The van der Waals surface area contributed by atoms with Crippen molar-refractivity contribution in [1.82, 2.24) is 4.90 Å². The average Bonchev–Trinajstić information content (AvgIpc) is 2.39. The highest BCUT2D eigenvalue weighted by molar-refractivity contribution is 5.77. The smallest absolute Gasteiger partial charge is 0.225 e. The molecule has 108 valence electrons. The molecule has 0 heterocycles. The molecule has 1 saturated carbocycles. The second-order valence-corrected chi connectivity index (χ2v) is 5.24. The van der Waals surface area contributed by atoms with Gasteiger partial charge in [0.1, 0.15) is 0 Å². The standard InChI is InChI=1S/C14H24N2O3/c1-19-11-10-16(9-5-8-15)13(17)12-14(18)6-3-2-4-7-14/h18H,2-7,9-12H2,1H3. The average molecular weight is 268 g/mol. The Morgan fingerprint density at radius 1 is 1.37 bits per heavy atom. The first kappa shape index (κ1) is 15.9. The number of rotatable bonds is 7. The highest BCUT2D eigenvalue weighted by atomic mass is 16.5. The molecule has 0 spiro atoms. The van der Waals surface area contributed by atoms with E-state index in [1.165, 1.54) is 0 Å². The van der Waals surface area contributed by atoms with E-state index >= 15 is 0 Å². The molecule has 0 bridgehead atoms. The number of hydrogen-bond acceptors (Lipinski definition) is 4. The van der Waals surface area contributed by atoms with Crippen LogP contribution in [0.25, 0.3) is 0 Å². The zero-order valence-electron chi connectivity index (χ0n) is 11.7. The maximum atomic E-state index is 12.2. The van der Waals surface area contributed by atoms with Crippen LogP contribution >= 0.6 is 0 Å². The molecule has 0 radical (unpaired) electrons. The first-order valence-corrected chi connectivity index (χ1v) is 6.97. The van der Waals surface area contributed by atoms with E-state index in [0.717, 1.165) is 19.3 Å². The first-order valence-electron chi connectivity index (χ1n) is 6.97. The van der Waals surface area contributed by atoms with Crippen molar-refractivity contribution in [1.29, 1.82) is 5.26 Å². The minimum absolute atomic E-state index is 0.0725. The quantitative estimate of drug-likeness (QED) is 0.758. The Balaban J connectivity index is 2.51. The maximum Gasteiger partial charge on any atom is 0.225 e. The molecule has 1 fully saturated rings. The van der Waals surface area contributed by atoms with Gasteiger partial charge in [0.2, 0.25) is 5.91 Å². The van der Waals surface area contributed by atoms with Gasteiger partial charge in [-0.1, -0.05) is 19.3 Å². The van der Waals surface area contributed by atoms with Crippen LogP contribution in [0.15, 0.2) is 0 Å². The molecule has 1 N–H and O–H groups in total. The number of ether oxygens (including phenoxy) is 1. The van der Waals surface area contributed by atoms with Crippen LogP contribution in [0.2, 0.25) is 0 Å². The normalized spacial score (nSPS) is 17.7. The summed E-state index contributed by atoms with van der Waals surface area (Å²) in [7, 11) is 1.58. The fraction of sp³-hybridized carbons (Fsp3) is 0.857. The third-order valence-electron chi connectivity index (χ3n) is 3.68. The second kappa shape index (κ2) is 8.13. The molecule has 1 rings (SSSR count). The fourth-order valence-corrected chi connectivity index (χ4v) is 2.53. The lowest BCUT2D eigenvalue weighted by Gasteiger charge is -2.33. The maximum absolute atomic E-state index is 12.2. The predicted octanol–water partition coefficient (Wildman–Crippen LogP) is 1.46. The number of carbonyl (C=O) groups is 1. The molecule has 0 aliphatic heterocycles. The van der Waals surface area contributed by atoms with Gasteiger partial charge in [-0.2, -0.15) is 5.26 Å². The van der Waals surface area contributed by atoms with Crippen LogP contribution in [0.3, 0.4) is 0 Å². The largest absolute Gasteiger partial charge is 0.389 e. The van der Waals surface area contributed by atoms with Gasteiger partial charge in [-0.05, 0) is 12.8 Å². The molecule has 5 nitrogen and oxygen atoms in total. The summed E-state index contributed by atoms with van der Waals surface area (Å²) in [6.07, 6.45) is 5.00. The van der Waals surface area contributed by atoms with Gasteiger partial charge in [0.25, 0.3) is 0 Å². The third-order valence-corrected chi connectivity index (χ3v) is 3.68. The minimum atomic E-state index is -0.840. The van der Waals surface area contributed by atoms with Crippen molar-refractivity contribution in [2.24, 2.45) is 0 Å². The Kier molecular flexibility index (Phi) is 6.82. The number of nitriles is 1. The summed E-state index contributed by atoms with van der Waals surface area (Å²) < 4.78 is 4.98. The van der Waals surface area contributed by atoms with Crippen LogP contribution in [-0.2, 0) is 9.53 Å². The van der Waals surface area contributed by atoms with Crippen molar-refractivity contribution in [3.63, 3.8) is 0 Å². The van der Waals surface area contributed by atoms with E-state index in [-0.39, 0.29) is 12.3 Å². The number of carbonyl (C=O) groups excluding carboxylic acids is 1. The molecule has 0 aromatic heterocycles. The molecule has 1 aliphatic carbocycles. The summed E-state index contributed by atoms with van der Waals surface area (Å²) in [5.74, 6) is -0.0725. The highest BCUT2D eigenvalue weighted by Crippen LogP contribution is 2.31. The number of methoxy groups -OCH3 is 1. The summed E-state index contributed by atoms with van der Waals surface area (Å²) in [6, 6.07) is 2.05. The molecular formula is C14H24N2O3. The van der Waals surface area contributed by atoms with E-state index in [9.17, 15) is 9.90 Å². The van der Waals surface area contributed by atoms with Crippen LogP contribution in [0, 0.1) is 11.3 Å². The molecular weight excluding hydrogens is 244 g/mol. The molecule has 0 unspecified atom stereocenters. The predicted molar refractivity (Wildman–Crippen MR) is 71.3 cm³/mol. The zero-order valence-corrected chi connectivity index (χ0v) is 11.7.